The fraction of sp³-hybridized carbons (Fsp3) is 0. The number of hydrogen-bond donors (Lipinski definition) is 0. The third-order valence-corrected chi connectivity index (χ3v) is 15.6. The Morgan fingerprint density at radius 2 is 0.845 bits per heavy atom. The van der Waals surface area contributed by atoms with E-state index < -0.39 is 0 Å². The van der Waals surface area contributed by atoms with Gasteiger partial charge in [-0.25, -0.2) is 0 Å². The number of benzene rings is 8. The summed E-state index contributed by atoms with van der Waals surface area (Å²) >= 11 is 5.60. The highest BCUT2D eigenvalue weighted by Gasteiger charge is 2.22. The van der Waals surface area contributed by atoms with E-state index in [9.17, 15) is 0 Å². The van der Waals surface area contributed by atoms with Crippen LogP contribution in [0, 0.1) is 0 Å². The van der Waals surface area contributed by atoms with Crippen LogP contribution in [0.3, 0.4) is 0 Å². The van der Waals surface area contributed by atoms with Gasteiger partial charge in [-0.1, -0.05) is 84.9 Å². The van der Waals surface area contributed by atoms with Crippen LogP contribution in [0.1, 0.15) is 0 Å². The normalized spacial score (nSPS) is 12.5. The van der Waals surface area contributed by atoms with Crippen molar-refractivity contribution in [2.75, 3.05) is 0 Å². The first kappa shape index (κ1) is 31.4. The standard InChI is InChI=1S/C52H28N2OS3/c1-5-13-43-35(11-1)49-39-25-29(17-21-41(39)53(51(49)55-43)31-19-23-47-37(27-31)33-9-2-6-14-44(33)56-47)30-18-22-42-40(26-30)50-36-12-4-8-16-46(36)58-52(50)54(42)32-20-24-48-38(28-32)34-10-3-7-15-45(34)57-48/h1-28H. The third-order valence-electron chi connectivity index (χ3n) is 12.1. The maximum Gasteiger partial charge on any atom is 0.213 e. The molecule has 6 heteroatoms. The maximum absolute atomic E-state index is 6.74. The Bertz CT molecular complexity index is 3790. The molecular formula is C52H28N2OS3. The van der Waals surface area contributed by atoms with Crippen LogP contribution in [0.4, 0.5) is 0 Å². The van der Waals surface area contributed by atoms with Crippen molar-refractivity contribution in [3.05, 3.63) is 170 Å². The molecule has 0 atom stereocenters. The lowest BCUT2D eigenvalue weighted by molar-refractivity contribution is 0.645. The van der Waals surface area contributed by atoms with Gasteiger partial charge in [0.1, 0.15) is 10.4 Å². The summed E-state index contributed by atoms with van der Waals surface area (Å²) in [5.74, 6) is 0. The Morgan fingerprint density at radius 1 is 0.345 bits per heavy atom. The quantitative estimate of drug-likeness (QED) is 0.175. The van der Waals surface area contributed by atoms with Crippen LogP contribution in [0.25, 0.3) is 127 Å². The minimum absolute atomic E-state index is 0.876. The Kier molecular flexibility index (Phi) is 6.20. The molecule has 14 aromatic rings. The van der Waals surface area contributed by atoms with E-state index in [4.69, 9.17) is 4.42 Å². The SMILES string of the molecule is c1ccc2c(c1)oc1c2c2cc(-c3ccc4c(c3)c3c5ccccc5sc3n4-c3ccc4sc5ccccc5c4c3)ccc2n1-c1ccc2sc3ccccc3c2c1. The predicted octanol–water partition coefficient (Wildman–Crippen LogP) is 16.2. The monoisotopic (exact) mass is 792 g/mol. The largest absolute Gasteiger partial charge is 0.439 e. The van der Waals surface area contributed by atoms with Crippen LogP contribution in [-0.4, -0.2) is 9.13 Å². The maximum atomic E-state index is 6.74. The number of para-hydroxylation sites is 1. The summed E-state index contributed by atoms with van der Waals surface area (Å²) in [7, 11) is 0. The summed E-state index contributed by atoms with van der Waals surface area (Å²) < 4.78 is 18.1. The lowest BCUT2D eigenvalue weighted by Crippen LogP contribution is -1.93. The van der Waals surface area contributed by atoms with Crippen LogP contribution in [-0.2, 0) is 0 Å². The minimum atomic E-state index is 0.876. The van der Waals surface area contributed by atoms with Gasteiger partial charge in [-0.15, -0.1) is 34.0 Å². The molecule has 0 saturated heterocycles. The molecule has 3 nitrogen and oxygen atoms in total. The highest BCUT2D eigenvalue weighted by Crippen LogP contribution is 2.46. The zero-order chi connectivity index (χ0) is 37.6. The Hall–Kier alpha value is -6.70. The van der Waals surface area contributed by atoms with E-state index in [1.807, 2.05) is 34.0 Å². The zero-order valence-electron chi connectivity index (χ0n) is 30.7. The van der Waals surface area contributed by atoms with Crippen LogP contribution in [0.2, 0.25) is 0 Å². The molecule has 0 saturated carbocycles. The van der Waals surface area contributed by atoms with Gasteiger partial charge >= 0.3 is 0 Å². The molecular weight excluding hydrogens is 765 g/mol. The fourth-order valence-electron chi connectivity index (χ4n) is 9.56. The van der Waals surface area contributed by atoms with E-state index >= 15 is 0 Å². The van der Waals surface area contributed by atoms with Crippen molar-refractivity contribution in [3.63, 3.8) is 0 Å². The Balaban J connectivity index is 1.00. The molecule has 0 unspecified atom stereocenters. The number of aromatic nitrogens is 2. The first-order valence-electron chi connectivity index (χ1n) is 19.5. The molecule has 6 heterocycles. The summed E-state index contributed by atoms with van der Waals surface area (Å²) in [5, 5.41) is 12.6. The summed E-state index contributed by atoms with van der Waals surface area (Å²) in [6.45, 7) is 0. The molecule has 0 radical (unpaired) electrons. The second-order valence-corrected chi connectivity index (χ2v) is 18.4. The van der Waals surface area contributed by atoms with Crippen molar-refractivity contribution >= 4 is 139 Å². The summed E-state index contributed by atoms with van der Waals surface area (Å²) in [5.41, 5.74) is 8.82. The van der Waals surface area contributed by atoms with Gasteiger partial charge in [0, 0.05) is 83.4 Å². The molecule has 0 spiro atoms. The van der Waals surface area contributed by atoms with Crippen molar-refractivity contribution in [1.29, 1.82) is 0 Å². The second-order valence-electron chi connectivity index (χ2n) is 15.2. The molecule has 6 aromatic heterocycles. The minimum Gasteiger partial charge on any atom is -0.439 e. The van der Waals surface area contributed by atoms with Gasteiger partial charge in [-0.3, -0.25) is 4.57 Å². The van der Waals surface area contributed by atoms with Gasteiger partial charge in [0.25, 0.3) is 0 Å². The summed E-state index contributed by atoms with van der Waals surface area (Å²) in [6.07, 6.45) is 0. The molecule has 0 amide bonds. The molecule has 0 aliphatic heterocycles. The van der Waals surface area contributed by atoms with Gasteiger partial charge < -0.3 is 8.98 Å². The van der Waals surface area contributed by atoms with E-state index in [0.29, 0.717) is 0 Å². The van der Waals surface area contributed by atoms with E-state index in [1.54, 1.807) is 0 Å². The predicted molar refractivity (Wildman–Crippen MR) is 251 cm³/mol. The van der Waals surface area contributed by atoms with Crippen molar-refractivity contribution in [3.8, 4) is 22.5 Å². The highest BCUT2D eigenvalue weighted by molar-refractivity contribution is 7.26. The molecule has 0 aliphatic rings. The molecule has 8 aromatic carbocycles. The number of thiophene rings is 3. The van der Waals surface area contributed by atoms with Crippen molar-refractivity contribution in [2.45, 2.75) is 0 Å². The van der Waals surface area contributed by atoms with Crippen LogP contribution in [0.15, 0.2) is 174 Å². The van der Waals surface area contributed by atoms with Gasteiger partial charge in [-0.05, 0) is 96.1 Å². The second kappa shape index (κ2) is 11.5. The molecule has 0 bridgehead atoms. The van der Waals surface area contributed by atoms with Crippen LogP contribution < -0.4 is 0 Å². The fourth-order valence-corrected chi connectivity index (χ4v) is 13.0. The van der Waals surface area contributed by atoms with E-state index in [-0.39, 0.29) is 0 Å². The molecule has 0 fully saturated rings. The van der Waals surface area contributed by atoms with Gasteiger partial charge in [-0.2, -0.15) is 0 Å². The average Bonchev–Trinajstić information content (AvgIpc) is 4.11. The van der Waals surface area contributed by atoms with Crippen molar-refractivity contribution in [2.24, 2.45) is 0 Å². The number of rotatable bonds is 3. The first-order valence-corrected chi connectivity index (χ1v) is 21.9. The molecule has 270 valence electrons. The highest BCUT2D eigenvalue weighted by atomic mass is 32.1. The number of fused-ring (bicyclic) bond motifs is 16. The molecule has 0 aliphatic carbocycles. The third kappa shape index (κ3) is 4.21. The van der Waals surface area contributed by atoms with Crippen molar-refractivity contribution in [1.82, 2.24) is 9.13 Å². The van der Waals surface area contributed by atoms with Crippen LogP contribution in [0.5, 0.6) is 0 Å². The number of nitrogens with zero attached hydrogens (tertiary/aromatic N) is 2. The smallest absolute Gasteiger partial charge is 0.213 e. The Morgan fingerprint density at radius 3 is 1.50 bits per heavy atom. The lowest BCUT2D eigenvalue weighted by atomic mass is 10.00. The van der Waals surface area contributed by atoms with Crippen LogP contribution >= 0.6 is 34.0 Å². The number of hydrogen-bond acceptors (Lipinski definition) is 4. The average molecular weight is 793 g/mol. The van der Waals surface area contributed by atoms with E-state index in [2.05, 4.69) is 179 Å². The number of furan rings is 1. The lowest BCUT2D eigenvalue weighted by Gasteiger charge is -2.10. The van der Waals surface area contributed by atoms with Gasteiger partial charge in [0.15, 0.2) is 0 Å². The zero-order valence-corrected chi connectivity index (χ0v) is 33.1. The van der Waals surface area contributed by atoms with E-state index in [0.717, 1.165) is 33.3 Å². The Labute approximate surface area is 342 Å². The summed E-state index contributed by atoms with van der Waals surface area (Å²) in [6, 6.07) is 62.6. The van der Waals surface area contributed by atoms with Gasteiger partial charge in [0.05, 0.1) is 16.4 Å². The van der Waals surface area contributed by atoms with E-state index in [1.165, 1.54) is 93.8 Å². The molecule has 0 N–H and O–H groups in total. The first-order chi connectivity index (χ1) is 28.7. The summed E-state index contributed by atoms with van der Waals surface area (Å²) in [4.78, 5) is 1.28. The molecule has 58 heavy (non-hydrogen) atoms. The van der Waals surface area contributed by atoms with Crippen molar-refractivity contribution < 1.29 is 4.42 Å². The topological polar surface area (TPSA) is 23.0 Å². The molecule has 14 rings (SSSR count). The van der Waals surface area contributed by atoms with Gasteiger partial charge in [0.2, 0.25) is 5.71 Å².